The Morgan fingerprint density at radius 3 is 2.52 bits per heavy atom. The van der Waals surface area contributed by atoms with E-state index in [0.717, 1.165) is 30.2 Å². The van der Waals surface area contributed by atoms with Crippen molar-refractivity contribution in [2.45, 2.75) is 25.7 Å². The third-order valence-corrected chi connectivity index (χ3v) is 5.03. The van der Waals surface area contributed by atoms with E-state index < -0.39 is 0 Å². The first-order chi connectivity index (χ1) is 12.0. The predicted octanol–water partition coefficient (Wildman–Crippen LogP) is 1.82. The molecule has 1 aromatic carbocycles. The maximum Gasteiger partial charge on any atom is 0.229 e. The van der Waals surface area contributed by atoms with Crippen LogP contribution in [0, 0.1) is 5.92 Å². The molecule has 1 atom stereocenters. The standard InChI is InChI=1S/C18H22ClN3O3/c19-14-1-3-15(4-2-14)21-9-7-13(12-21)11-20-16(23)8-10-22-17(24)5-6-18(22)25/h1-4,13H,5-12H2,(H,20,23). The molecule has 1 aromatic rings. The number of hydrogen-bond acceptors (Lipinski definition) is 4. The summed E-state index contributed by atoms with van der Waals surface area (Å²) in [7, 11) is 0. The summed E-state index contributed by atoms with van der Waals surface area (Å²) in [5, 5.41) is 3.65. The Morgan fingerprint density at radius 1 is 1.16 bits per heavy atom. The fourth-order valence-electron chi connectivity index (χ4n) is 3.32. The number of nitrogens with one attached hydrogen (secondary N) is 1. The molecule has 0 spiro atoms. The summed E-state index contributed by atoms with van der Waals surface area (Å²) in [6.07, 6.45) is 1.73. The van der Waals surface area contributed by atoms with Crippen LogP contribution in [0.2, 0.25) is 5.02 Å². The lowest BCUT2D eigenvalue weighted by molar-refractivity contribution is -0.138. The van der Waals surface area contributed by atoms with E-state index in [2.05, 4.69) is 10.2 Å². The van der Waals surface area contributed by atoms with Gasteiger partial charge in [-0.25, -0.2) is 0 Å². The second kappa shape index (κ2) is 7.87. The Balaban J connectivity index is 1.39. The van der Waals surface area contributed by atoms with Crippen LogP contribution in [-0.4, -0.2) is 48.8 Å². The minimum atomic E-state index is -0.174. The monoisotopic (exact) mass is 363 g/mol. The number of imide groups is 1. The lowest BCUT2D eigenvalue weighted by Gasteiger charge is -2.19. The average Bonchev–Trinajstić information content (AvgIpc) is 3.19. The molecule has 6 nitrogen and oxygen atoms in total. The number of anilines is 1. The van der Waals surface area contributed by atoms with Gasteiger partial charge in [-0.1, -0.05) is 11.6 Å². The largest absolute Gasteiger partial charge is 0.371 e. The fraction of sp³-hybridized carbons (Fsp3) is 0.500. The second-order valence-electron chi connectivity index (χ2n) is 6.57. The van der Waals surface area contributed by atoms with Crippen LogP contribution in [-0.2, 0) is 14.4 Å². The summed E-state index contributed by atoms with van der Waals surface area (Å²) in [6.45, 7) is 2.65. The van der Waals surface area contributed by atoms with E-state index in [1.807, 2.05) is 24.3 Å². The van der Waals surface area contributed by atoms with Crippen molar-refractivity contribution in [3.05, 3.63) is 29.3 Å². The molecule has 7 heteroatoms. The summed E-state index contributed by atoms with van der Waals surface area (Å²) >= 11 is 5.91. The van der Waals surface area contributed by atoms with E-state index in [-0.39, 0.29) is 43.5 Å². The number of benzene rings is 1. The maximum atomic E-state index is 12.0. The molecule has 134 valence electrons. The van der Waals surface area contributed by atoms with Gasteiger partial charge in [0.2, 0.25) is 17.7 Å². The number of carbonyl (C=O) groups excluding carboxylic acids is 3. The third kappa shape index (κ3) is 4.51. The molecular weight excluding hydrogens is 342 g/mol. The Hall–Kier alpha value is -2.08. The first kappa shape index (κ1) is 17.7. The van der Waals surface area contributed by atoms with Crippen LogP contribution < -0.4 is 10.2 Å². The Bertz CT molecular complexity index is 646. The normalized spacial score (nSPS) is 20.4. The fourth-order valence-corrected chi connectivity index (χ4v) is 3.44. The minimum absolute atomic E-state index is 0.113. The number of carbonyl (C=O) groups is 3. The van der Waals surface area contributed by atoms with E-state index in [4.69, 9.17) is 11.6 Å². The molecule has 2 saturated heterocycles. The number of rotatable bonds is 6. The second-order valence-corrected chi connectivity index (χ2v) is 7.01. The Morgan fingerprint density at radius 2 is 1.84 bits per heavy atom. The molecule has 0 bridgehead atoms. The number of halogens is 1. The van der Waals surface area contributed by atoms with Gasteiger partial charge in [0, 0.05) is 56.2 Å². The minimum Gasteiger partial charge on any atom is -0.371 e. The van der Waals surface area contributed by atoms with Crippen molar-refractivity contribution in [3.63, 3.8) is 0 Å². The topological polar surface area (TPSA) is 69.7 Å². The molecule has 3 amide bonds. The van der Waals surface area contributed by atoms with E-state index in [1.165, 1.54) is 4.90 Å². The third-order valence-electron chi connectivity index (χ3n) is 4.78. The smallest absolute Gasteiger partial charge is 0.229 e. The molecule has 2 aliphatic heterocycles. The van der Waals surface area contributed by atoms with E-state index in [0.29, 0.717) is 12.5 Å². The molecule has 1 unspecified atom stereocenters. The van der Waals surface area contributed by atoms with Gasteiger partial charge in [-0.2, -0.15) is 0 Å². The zero-order chi connectivity index (χ0) is 17.8. The first-order valence-corrected chi connectivity index (χ1v) is 9.01. The van der Waals surface area contributed by atoms with Crippen molar-refractivity contribution >= 4 is 35.0 Å². The molecule has 2 fully saturated rings. The molecule has 25 heavy (non-hydrogen) atoms. The van der Waals surface area contributed by atoms with Crippen LogP contribution in [0.5, 0.6) is 0 Å². The van der Waals surface area contributed by atoms with Gasteiger partial charge in [0.05, 0.1) is 0 Å². The highest BCUT2D eigenvalue weighted by Gasteiger charge is 2.29. The van der Waals surface area contributed by atoms with Crippen molar-refractivity contribution in [3.8, 4) is 0 Å². The van der Waals surface area contributed by atoms with Gasteiger partial charge in [-0.15, -0.1) is 0 Å². The van der Waals surface area contributed by atoms with Gasteiger partial charge >= 0.3 is 0 Å². The van der Waals surface area contributed by atoms with Crippen LogP contribution >= 0.6 is 11.6 Å². The summed E-state index contributed by atoms with van der Waals surface area (Å²) in [5.41, 5.74) is 1.14. The molecule has 1 N–H and O–H groups in total. The van der Waals surface area contributed by atoms with Gasteiger partial charge in [0.15, 0.2) is 0 Å². The number of hydrogen-bond donors (Lipinski definition) is 1. The summed E-state index contributed by atoms with van der Waals surface area (Å²) in [4.78, 5) is 38.5. The molecule has 2 aliphatic rings. The van der Waals surface area contributed by atoms with Crippen LogP contribution in [0.1, 0.15) is 25.7 Å². The van der Waals surface area contributed by atoms with E-state index in [9.17, 15) is 14.4 Å². The van der Waals surface area contributed by atoms with E-state index >= 15 is 0 Å². The predicted molar refractivity (Wildman–Crippen MR) is 95.4 cm³/mol. The van der Waals surface area contributed by atoms with Crippen molar-refractivity contribution in [1.82, 2.24) is 10.2 Å². The molecular formula is C18H22ClN3O3. The summed E-state index contributed by atoms with van der Waals surface area (Å²) in [5.74, 6) is -0.0634. The van der Waals surface area contributed by atoms with Gasteiger partial charge in [-0.3, -0.25) is 19.3 Å². The quantitative estimate of drug-likeness (QED) is 0.783. The Labute approximate surface area is 152 Å². The summed E-state index contributed by atoms with van der Waals surface area (Å²) < 4.78 is 0. The van der Waals surface area contributed by atoms with Crippen LogP contribution in [0.25, 0.3) is 0 Å². The lowest BCUT2D eigenvalue weighted by atomic mass is 10.1. The van der Waals surface area contributed by atoms with Crippen LogP contribution in [0.3, 0.4) is 0 Å². The highest BCUT2D eigenvalue weighted by molar-refractivity contribution is 6.30. The number of likely N-dealkylation sites (tertiary alicyclic amines) is 1. The molecule has 2 heterocycles. The highest BCUT2D eigenvalue weighted by Crippen LogP contribution is 2.24. The average molecular weight is 364 g/mol. The highest BCUT2D eigenvalue weighted by atomic mass is 35.5. The summed E-state index contributed by atoms with van der Waals surface area (Å²) in [6, 6.07) is 7.78. The van der Waals surface area contributed by atoms with Gasteiger partial charge < -0.3 is 10.2 Å². The van der Waals surface area contributed by atoms with Gasteiger partial charge in [-0.05, 0) is 36.6 Å². The van der Waals surface area contributed by atoms with Crippen LogP contribution in [0.4, 0.5) is 5.69 Å². The molecule has 0 saturated carbocycles. The lowest BCUT2D eigenvalue weighted by Crippen LogP contribution is -2.36. The van der Waals surface area contributed by atoms with Crippen molar-refractivity contribution in [2.75, 3.05) is 31.1 Å². The van der Waals surface area contributed by atoms with Gasteiger partial charge in [0.25, 0.3) is 0 Å². The number of amides is 3. The zero-order valence-electron chi connectivity index (χ0n) is 14.0. The van der Waals surface area contributed by atoms with E-state index in [1.54, 1.807) is 0 Å². The van der Waals surface area contributed by atoms with Gasteiger partial charge in [0.1, 0.15) is 0 Å². The van der Waals surface area contributed by atoms with Crippen molar-refractivity contribution < 1.29 is 14.4 Å². The first-order valence-electron chi connectivity index (χ1n) is 8.63. The Kier molecular flexibility index (Phi) is 5.58. The molecule has 0 radical (unpaired) electrons. The SMILES string of the molecule is O=C(CCN1C(=O)CCC1=O)NCC1CCN(c2ccc(Cl)cc2)C1. The maximum absolute atomic E-state index is 12.0. The van der Waals surface area contributed by atoms with Crippen molar-refractivity contribution in [2.24, 2.45) is 5.92 Å². The molecule has 3 rings (SSSR count). The van der Waals surface area contributed by atoms with Crippen LogP contribution in [0.15, 0.2) is 24.3 Å². The zero-order valence-corrected chi connectivity index (χ0v) is 14.8. The molecule has 0 aromatic heterocycles. The number of nitrogens with zero attached hydrogens (tertiary/aromatic N) is 2. The van der Waals surface area contributed by atoms with Crippen molar-refractivity contribution in [1.29, 1.82) is 0 Å². The molecule has 0 aliphatic carbocycles.